The third kappa shape index (κ3) is 5.03. The second-order valence-electron chi connectivity index (χ2n) is 6.02. The Bertz CT molecular complexity index is 527. The zero-order chi connectivity index (χ0) is 17.0. The number of alkyl halides is 2. The second kappa shape index (κ2) is 7.43. The van der Waals surface area contributed by atoms with Crippen LogP contribution in [0.25, 0.3) is 0 Å². The van der Waals surface area contributed by atoms with Gasteiger partial charge in [-0.25, -0.2) is 13.2 Å². The molecule has 0 aromatic heterocycles. The van der Waals surface area contributed by atoms with E-state index >= 15 is 0 Å². The smallest absolute Gasteiger partial charge is 0.316 e. The maximum Gasteiger partial charge on any atom is 0.356 e. The predicted octanol–water partition coefficient (Wildman–Crippen LogP) is 5.60. The molecule has 2 rings (SSSR count). The largest absolute Gasteiger partial charge is 0.356 e. The van der Waals surface area contributed by atoms with Gasteiger partial charge in [0.2, 0.25) is 0 Å². The molecule has 1 aromatic carbocycles. The summed E-state index contributed by atoms with van der Waals surface area (Å²) in [5, 5.41) is 0. The summed E-state index contributed by atoms with van der Waals surface area (Å²) in [6.45, 7) is 3.03. The molecule has 0 unspecified atom stereocenters. The van der Waals surface area contributed by atoms with E-state index < -0.39 is 36.6 Å². The van der Waals surface area contributed by atoms with Crippen LogP contribution in [0.4, 0.5) is 22.0 Å². The van der Waals surface area contributed by atoms with Crippen LogP contribution in [-0.2, 0) is 11.3 Å². The van der Waals surface area contributed by atoms with E-state index in [2.05, 4.69) is 11.3 Å². The highest BCUT2D eigenvalue weighted by Crippen LogP contribution is 2.37. The van der Waals surface area contributed by atoms with Gasteiger partial charge >= 0.3 is 6.11 Å². The minimum absolute atomic E-state index is 0.150. The Hall–Kier alpha value is -1.43. The van der Waals surface area contributed by atoms with Gasteiger partial charge < -0.3 is 4.74 Å². The first-order valence-electron chi connectivity index (χ1n) is 7.58. The molecule has 1 aliphatic carbocycles. The lowest BCUT2D eigenvalue weighted by molar-refractivity contribution is -0.256. The molecule has 0 atom stereocenters. The predicted molar refractivity (Wildman–Crippen MR) is 76.3 cm³/mol. The Morgan fingerprint density at radius 1 is 1.09 bits per heavy atom. The van der Waals surface area contributed by atoms with Gasteiger partial charge in [-0.1, -0.05) is 6.08 Å². The molecule has 0 saturated heterocycles. The fourth-order valence-electron chi connectivity index (χ4n) is 2.90. The van der Waals surface area contributed by atoms with E-state index in [1.807, 2.05) is 6.08 Å². The first-order valence-corrected chi connectivity index (χ1v) is 7.58. The van der Waals surface area contributed by atoms with Crippen molar-refractivity contribution in [2.75, 3.05) is 0 Å². The summed E-state index contributed by atoms with van der Waals surface area (Å²) in [5.74, 6) is -4.24. The van der Waals surface area contributed by atoms with Crippen molar-refractivity contribution in [1.29, 1.82) is 0 Å². The fraction of sp³-hybridized carbons (Fsp3) is 0.529. The summed E-state index contributed by atoms with van der Waals surface area (Å²) in [7, 11) is 0. The Morgan fingerprint density at radius 2 is 1.65 bits per heavy atom. The van der Waals surface area contributed by atoms with Crippen LogP contribution in [0.1, 0.15) is 37.7 Å². The van der Waals surface area contributed by atoms with Crippen molar-refractivity contribution < 1.29 is 26.7 Å². The van der Waals surface area contributed by atoms with Crippen molar-refractivity contribution in [2.45, 2.75) is 44.8 Å². The standard InChI is InChI=1S/C17H19F5O/c1-2-11-3-5-12(6-4-11)9-17(21,22)23-10-13-7-14(18)16(20)15(19)8-13/h2,7-8,11-12H,1,3-6,9-10H2. The molecule has 1 nitrogen and oxygen atoms in total. The summed E-state index contributed by atoms with van der Waals surface area (Å²) in [6, 6.07) is 1.31. The average Bonchev–Trinajstić information content (AvgIpc) is 2.51. The van der Waals surface area contributed by atoms with Gasteiger partial charge in [0.15, 0.2) is 17.5 Å². The zero-order valence-electron chi connectivity index (χ0n) is 12.6. The van der Waals surface area contributed by atoms with Crippen molar-refractivity contribution in [3.63, 3.8) is 0 Å². The van der Waals surface area contributed by atoms with Gasteiger partial charge in [-0.05, 0) is 55.2 Å². The fourth-order valence-corrected chi connectivity index (χ4v) is 2.90. The topological polar surface area (TPSA) is 9.23 Å². The van der Waals surface area contributed by atoms with Crippen molar-refractivity contribution in [1.82, 2.24) is 0 Å². The van der Waals surface area contributed by atoms with Gasteiger partial charge in [0.1, 0.15) is 0 Å². The molecule has 0 aliphatic heterocycles. The minimum Gasteiger partial charge on any atom is -0.316 e. The maximum absolute atomic E-state index is 13.8. The van der Waals surface area contributed by atoms with Crippen LogP contribution in [0, 0.1) is 29.3 Å². The third-order valence-corrected chi connectivity index (χ3v) is 4.24. The van der Waals surface area contributed by atoms with Crippen LogP contribution in [0.5, 0.6) is 0 Å². The number of halogens is 5. The van der Waals surface area contributed by atoms with E-state index in [0.29, 0.717) is 30.9 Å². The van der Waals surface area contributed by atoms with Crippen LogP contribution in [0.3, 0.4) is 0 Å². The van der Waals surface area contributed by atoms with Crippen molar-refractivity contribution in [3.05, 3.63) is 47.8 Å². The highest BCUT2D eigenvalue weighted by molar-refractivity contribution is 5.18. The number of rotatable bonds is 6. The number of hydrogen-bond donors (Lipinski definition) is 0. The summed E-state index contributed by atoms with van der Waals surface area (Å²) < 4.78 is 71.1. The van der Waals surface area contributed by atoms with Crippen molar-refractivity contribution in [2.24, 2.45) is 11.8 Å². The van der Waals surface area contributed by atoms with E-state index in [1.54, 1.807) is 0 Å². The van der Waals surface area contributed by atoms with Crippen molar-refractivity contribution >= 4 is 0 Å². The molecule has 0 heterocycles. The van der Waals surface area contributed by atoms with Gasteiger partial charge in [-0.15, -0.1) is 6.58 Å². The molecule has 1 saturated carbocycles. The van der Waals surface area contributed by atoms with Crippen LogP contribution >= 0.6 is 0 Å². The summed E-state index contributed by atoms with van der Waals surface area (Å²) in [5.41, 5.74) is -0.170. The minimum atomic E-state index is -3.38. The molecule has 0 radical (unpaired) electrons. The van der Waals surface area contributed by atoms with Gasteiger partial charge in [0, 0.05) is 6.42 Å². The summed E-state index contributed by atoms with van der Waals surface area (Å²) in [6.07, 6.45) is 1.06. The maximum atomic E-state index is 13.8. The van der Waals surface area contributed by atoms with Crippen molar-refractivity contribution in [3.8, 4) is 0 Å². The quantitative estimate of drug-likeness (QED) is 0.374. The molecule has 0 N–H and O–H groups in total. The molecular formula is C17H19F5O. The van der Waals surface area contributed by atoms with E-state index in [1.165, 1.54) is 0 Å². The van der Waals surface area contributed by atoms with E-state index in [9.17, 15) is 22.0 Å². The molecule has 0 spiro atoms. The first kappa shape index (κ1) is 17.9. The molecule has 1 fully saturated rings. The van der Waals surface area contributed by atoms with E-state index in [0.717, 1.165) is 12.8 Å². The molecule has 1 aromatic rings. The first-order chi connectivity index (χ1) is 10.8. The monoisotopic (exact) mass is 334 g/mol. The zero-order valence-corrected chi connectivity index (χ0v) is 12.6. The Kier molecular flexibility index (Phi) is 5.79. The lowest BCUT2D eigenvalue weighted by Crippen LogP contribution is -2.27. The van der Waals surface area contributed by atoms with Gasteiger partial charge in [-0.3, -0.25) is 0 Å². The van der Waals surface area contributed by atoms with E-state index in [4.69, 9.17) is 0 Å². The van der Waals surface area contributed by atoms with Crippen LogP contribution in [0.2, 0.25) is 0 Å². The van der Waals surface area contributed by atoms with Gasteiger partial charge in [-0.2, -0.15) is 8.78 Å². The van der Waals surface area contributed by atoms with Crippen LogP contribution < -0.4 is 0 Å². The third-order valence-electron chi connectivity index (χ3n) is 4.24. The summed E-state index contributed by atoms with van der Waals surface area (Å²) >= 11 is 0. The van der Waals surface area contributed by atoms with E-state index in [-0.39, 0.29) is 11.5 Å². The van der Waals surface area contributed by atoms with Crippen LogP contribution in [-0.4, -0.2) is 6.11 Å². The molecular weight excluding hydrogens is 315 g/mol. The van der Waals surface area contributed by atoms with Gasteiger partial charge in [0.05, 0.1) is 6.61 Å². The lowest BCUT2D eigenvalue weighted by Gasteiger charge is -2.29. The Morgan fingerprint density at radius 3 is 2.17 bits per heavy atom. The van der Waals surface area contributed by atoms with Crippen LogP contribution in [0.15, 0.2) is 24.8 Å². The number of ether oxygens (including phenoxy) is 1. The average molecular weight is 334 g/mol. The highest BCUT2D eigenvalue weighted by Gasteiger charge is 2.35. The van der Waals surface area contributed by atoms with Gasteiger partial charge in [0.25, 0.3) is 0 Å². The summed E-state index contributed by atoms with van der Waals surface area (Å²) in [4.78, 5) is 0. The molecule has 0 bridgehead atoms. The molecule has 0 amide bonds. The normalized spacial score (nSPS) is 22.1. The second-order valence-corrected chi connectivity index (χ2v) is 6.02. The SMILES string of the molecule is C=CC1CCC(CC(F)(F)OCc2cc(F)c(F)c(F)c2)CC1. The number of allylic oxidation sites excluding steroid dienone is 1. The Balaban J connectivity index is 1.87. The highest BCUT2D eigenvalue weighted by atomic mass is 19.3. The lowest BCUT2D eigenvalue weighted by atomic mass is 9.80. The molecule has 6 heteroatoms. The Labute approximate surface area is 132 Å². The number of hydrogen-bond acceptors (Lipinski definition) is 1. The molecule has 128 valence electrons. The number of benzene rings is 1. The molecule has 23 heavy (non-hydrogen) atoms. The molecule has 1 aliphatic rings.